The predicted molar refractivity (Wildman–Crippen MR) is 79.4 cm³/mol. The summed E-state index contributed by atoms with van der Waals surface area (Å²) in [7, 11) is 1.88. The van der Waals surface area contributed by atoms with Crippen LogP contribution in [0.1, 0.15) is 16.7 Å². The number of rotatable bonds is 4. The average Bonchev–Trinajstić information content (AvgIpc) is 3.10. The first-order chi connectivity index (χ1) is 10.1. The number of benzene rings is 1. The normalized spacial score (nSPS) is 12.3. The Morgan fingerprint density at radius 3 is 2.76 bits per heavy atom. The lowest BCUT2D eigenvalue weighted by atomic mass is 10.2. The van der Waals surface area contributed by atoms with Gasteiger partial charge < -0.3 is 9.88 Å². The van der Waals surface area contributed by atoms with Crippen molar-refractivity contribution in [3.05, 3.63) is 70.4 Å². The molecule has 1 aromatic carbocycles. The Morgan fingerprint density at radius 2 is 2.14 bits per heavy atom. The third kappa shape index (κ3) is 2.80. The summed E-state index contributed by atoms with van der Waals surface area (Å²) in [6.45, 7) is 0. The summed E-state index contributed by atoms with van der Waals surface area (Å²) in [4.78, 5) is 5.33. The molecule has 0 aliphatic rings. The number of thiophene rings is 1. The van der Waals surface area contributed by atoms with Crippen molar-refractivity contribution in [1.82, 2.24) is 9.55 Å². The molecule has 6 heteroatoms. The molecule has 2 aromatic heterocycles. The number of imidazole rings is 1. The van der Waals surface area contributed by atoms with Crippen molar-refractivity contribution in [1.29, 1.82) is 0 Å². The number of halogens is 2. The van der Waals surface area contributed by atoms with Crippen LogP contribution in [0.2, 0.25) is 0 Å². The van der Waals surface area contributed by atoms with Gasteiger partial charge in [0, 0.05) is 30.4 Å². The Morgan fingerprint density at radius 1 is 1.29 bits per heavy atom. The fraction of sp³-hybridized carbons (Fsp3) is 0.133. The van der Waals surface area contributed by atoms with Gasteiger partial charge in [0.05, 0.1) is 5.69 Å². The highest BCUT2D eigenvalue weighted by atomic mass is 32.1. The summed E-state index contributed by atoms with van der Waals surface area (Å²) in [6, 6.07) is 7.09. The van der Waals surface area contributed by atoms with E-state index in [0.29, 0.717) is 0 Å². The quantitative estimate of drug-likeness (QED) is 0.790. The van der Waals surface area contributed by atoms with Crippen LogP contribution < -0.4 is 5.32 Å². The molecule has 0 bridgehead atoms. The number of aryl methyl sites for hydroxylation is 1. The second-order valence-electron chi connectivity index (χ2n) is 4.61. The molecule has 3 aromatic rings. The van der Waals surface area contributed by atoms with Crippen LogP contribution >= 0.6 is 11.3 Å². The largest absolute Gasteiger partial charge is 0.368 e. The summed E-state index contributed by atoms with van der Waals surface area (Å²) in [5.41, 5.74) is 0.248. The lowest BCUT2D eigenvalue weighted by Crippen LogP contribution is -2.16. The van der Waals surface area contributed by atoms with Gasteiger partial charge in [0.2, 0.25) is 0 Å². The topological polar surface area (TPSA) is 29.9 Å². The van der Waals surface area contributed by atoms with Crippen LogP contribution in [0.3, 0.4) is 0 Å². The van der Waals surface area contributed by atoms with Crippen molar-refractivity contribution in [3.63, 3.8) is 0 Å². The van der Waals surface area contributed by atoms with Crippen molar-refractivity contribution in [2.24, 2.45) is 7.05 Å². The van der Waals surface area contributed by atoms with Crippen LogP contribution in [-0.4, -0.2) is 9.55 Å². The van der Waals surface area contributed by atoms with Crippen LogP contribution in [0, 0.1) is 11.6 Å². The van der Waals surface area contributed by atoms with Gasteiger partial charge >= 0.3 is 0 Å². The van der Waals surface area contributed by atoms with E-state index in [1.807, 2.05) is 35.3 Å². The molecule has 0 amide bonds. The number of aromatic nitrogens is 2. The first kappa shape index (κ1) is 13.8. The van der Waals surface area contributed by atoms with Crippen molar-refractivity contribution in [2.45, 2.75) is 6.04 Å². The van der Waals surface area contributed by atoms with Gasteiger partial charge in [-0.25, -0.2) is 13.8 Å². The minimum atomic E-state index is -0.620. The second kappa shape index (κ2) is 5.65. The van der Waals surface area contributed by atoms with Gasteiger partial charge in [-0.05, 0) is 23.6 Å². The summed E-state index contributed by atoms with van der Waals surface area (Å²) >= 11 is 1.55. The standard InChI is InChI=1S/C15H13F2N3S/c1-20-7-6-18-15(20)14(13-3-2-8-21-13)19-12-5-4-10(16)9-11(12)17/h2-9,14,19H,1H3. The van der Waals surface area contributed by atoms with Gasteiger partial charge in [-0.1, -0.05) is 6.07 Å². The van der Waals surface area contributed by atoms with E-state index in [1.165, 1.54) is 12.1 Å². The zero-order valence-electron chi connectivity index (χ0n) is 11.3. The molecule has 21 heavy (non-hydrogen) atoms. The minimum Gasteiger partial charge on any atom is -0.368 e. The highest BCUT2D eigenvalue weighted by Crippen LogP contribution is 2.29. The summed E-state index contributed by atoms with van der Waals surface area (Å²) in [5.74, 6) is -0.449. The van der Waals surface area contributed by atoms with Gasteiger partial charge in [0.25, 0.3) is 0 Å². The van der Waals surface area contributed by atoms with E-state index in [1.54, 1.807) is 17.5 Å². The Hall–Kier alpha value is -2.21. The van der Waals surface area contributed by atoms with E-state index < -0.39 is 11.6 Å². The maximum atomic E-state index is 13.9. The number of nitrogens with one attached hydrogen (secondary N) is 1. The number of anilines is 1. The maximum Gasteiger partial charge on any atom is 0.149 e. The molecule has 0 aliphatic heterocycles. The highest BCUT2D eigenvalue weighted by molar-refractivity contribution is 7.10. The van der Waals surface area contributed by atoms with Crippen LogP contribution in [0.15, 0.2) is 48.1 Å². The molecule has 0 radical (unpaired) electrons. The summed E-state index contributed by atoms with van der Waals surface area (Å²) < 4.78 is 28.8. The zero-order chi connectivity index (χ0) is 14.8. The smallest absolute Gasteiger partial charge is 0.149 e. The average molecular weight is 305 g/mol. The Kier molecular flexibility index (Phi) is 3.70. The second-order valence-corrected chi connectivity index (χ2v) is 5.59. The molecule has 0 saturated heterocycles. The van der Waals surface area contributed by atoms with Crippen LogP contribution in [-0.2, 0) is 7.05 Å². The first-order valence-corrected chi connectivity index (χ1v) is 7.25. The van der Waals surface area contributed by atoms with Crippen LogP contribution in [0.5, 0.6) is 0 Å². The molecule has 1 atom stereocenters. The van der Waals surface area contributed by atoms with Gasteiger partial charge in [-0.15, -0.1) is 11.3 Å². The zero-order valence-corrected chi connectivity index (χ0v) is 12.1. The molecule has 108 valence electrons. The lowest BCUT2D eigenvalue weighted by Gasteiger charge is -2.19. The fourth-order valence-corrected chi connectivity index (χ4v) is 2.91. The molecule has 0 aliphatic carbocycles. The molecular formula is C15H13F2N3S. The van der Waals surface area contributed by atoms with Gasteiger partial charge in [0.15, 0.2) is 0 Å². The number of hydrogen-bond donors (Lipinski definition) is 1. The summed E-state index contributed by atoms with van der Waals surface area (Å²) in [6.07, 6.45) is 3.53. The Bertz CT molecular complexity index is 737. The molecule has 0 fully saturated rings. The predicted octanol–water partition coefficient (Wildman–Crippen LogP) is 3.96. The Balaban J connectivity index is 1.99. The molecule has 3 nitrogen and oxygen atoms in total. The third-order valence-electron chi connectivity index (χ3n) is 3.18. The van der Waals surface area contributed by atoms with E-state index in [2.05, 4.69) is 10.3 Å². The first-order valence-electron chi connectivity index (χ1n) is 6.37. The minimum absolute atomic E-state index is 0.248. The van der Waals surface area contributed by atoms with Gasteiger partial charge in [-0.2, -0.15) is 0 Å². The summed E-state index contributed by atoms with van der Waals surface area (Å²) in [5, 5.41) is 5.06. The van der Waals surface area contributed by atoms with E-state index >= 15 is 0 Å². The number of nitrogens with zero attached hydrogens (tertiary/aromatic N) is 2. The van der Waals surface area contributed by atoms with E-state index in [0.717, 1.165) is 16.8 Å². The van der Waals surface area contributed by atoms with E-state index in [4.69, 9.17) is 0 Å². The van der Waals surface area contributed by atoms with Gasteiger partial charge in [-0.3, -0.25) is 0 Å². The monoisotopic (exact) mass is 305 g/mol. The molecular weight excluding hydrogens is 292 g/mol. The van der Waals surface area contributed by atoms with Crippen molar-refractivity contribution < 1.29 is 8.78 Å². The molecule has 0 spiro atoms. The van der Waals surface area contributed by atoms with Crippen LogP contribution in [0.25, 0.3) is 0 Å². The highest BCUT2D eigenvalue weighted by Gasteiger charge is 2.20. The van der Waals surface area contributed by atoms with Gasteiger partial charge in [0.1, 0.15) is 23.5 Å². The van der Waals surface area contributed by atoms with E-state index in [9.17, 15) is 8.78 Å². The fourth-order valence-electron chi connectivity index (χ4n) is 2.14. The third-order valence-corrected chi connectivity index (χ3v) is 4.11. The maximum absolute atomic E-state index is 13.9. The molecule has 1 N–H and O–H groups in total. The number of hydrogen-bond acceptors (Lipinski definition) is 3. The van der Waals surface area contributed by atoms with Crippen molar-refractivity contribution in [3.8, 4) is 0 Å². The van der Waals surface area contributed by atoms with Crippen molar-refractivity contribution >= 4 is 17.0 Å². The molecule has 3 rings (SSSR count). The molecule has 2 heterocycles. The Labute approximate surface area is 124 Å². The molecule has 1 unspecified atom stereocenters. The van der Waals surface area contributed by atoms with E-state index in [-0.39, 0.29) is 11.7 Å². The van der Waals surface area contributed by atoms with Crippen LogP contribution in [0.4, 0.5) is 14.5 Å². The van der Waals surface area contributed by atoms with Crippen molar-refractivity contribution in [2.75, 3.05) is 5.32 Å². The molecule has 0 saturated carbocycles. The SMILES string of the molecule is Cn1ccnc1C(Nc1ccc(F)cc1F)c1cccs1. The lowest BCUT2D eigenvalue weighted by molar-refractivity contribution is 0.583.